The van der Waals surface area contributed by atoms with Crippen molar-refractivity contribution in [3.8, 4) is 0 Å². The smallest absolute Gasteiger partial charge is 0.266 e. The number of fused-ring (bicyclic) bond motifs is 1. The van der Waals surface area contributed by atoms with E-state index < -0.39 is 29.8 Å². The summed E-state index contributed by atoms with van der Waals surface area (Å²) in [5, 5.41) is 9.16. The molecule has 31 heavy (non-hydrogen) atoms. The quantitative estimate of drug-likeness (QED) is 0.726. The number of hydrogen-bond acceptors (Lipinski definition) is 5. The Bertz CT molecular complexity index is 1020. The predicted molar refractivity (Wildman–Crippen MR) is 117 cm³/mol. The van der Waals surface area contributed by atoms with Crippen LogP contribution < -0.4 is 5.32 Å². The largest absolute Gasteiger partial charge is 0.345 e. The van der Waals surface area contributed by atoms with E-state index in [0.29, 0.717) is 18.0 Å². The summed E-state index contributed by atoms with van der Waals surface area (Å²) >= 11 is 1.84. The molecule has 0 unspecified atom stereocenters. The van der Waals surface area contributed by atoms with Crippen molar-refractivity contribution in [1.29, 1.82) is 0 Å². The number of rotatable bonds is 5. The maximum atomic E-state index is 14.5. The van der Waals surface area contributed by atoms with Gasteiger partial charge in [-0.1, -0.05) is 24.3 Å². The molecule has 2 atom stereocenters. The van der Waals surface area contributed by atoms with Gasteiger partial charge in [0.2, 0.25) is 0 Å². The van der Waals surface area contributed by atoms with Crippen LogP contribution in [-0.2, 0) is 4.79 Å². The molecule has 1 aromatic rings. The van der Waals surface area contributed by atoms with Gasteiger partial charge >= 0.3 is 0 Å². The fraction of sp³-hybridized carbons (Fsp3) is 0.409. The summed E-state index contributed by atoms with van der Waals surface area (Å²) in [5.41, 5.74) is 1.52. The van der Waals surface area contributed by atoms with Crippen LogP contribution in [0.15, 0.2) is 51.6 Å². The summed E-state index contributed by atoms with van der Waals surface area (Å²) < 4.78 is 40.6. The molecule has 1 amide bonds. The van der Waals surface area contributed by atoms with Crippen molar-refractivity contribution >= 4 is 29.2 Å². The van der Waals surface area contributed by atoms with E-state index in [1.807, 2.05) is 18.7 Å². The number of nitrogens with one attached hydrogen (secondary N) is 1. The molecule has 0 aromatic heterocycles. The molecular formula is C22H23F3N4OS. The van der Waals surface area contributed by atoms with Crippen LogP contribution in [-0.4, -0.2) is 46.6 Å². The lowest BCUT2D eigenvalue weighted by Gasteiger charge is -2.25. The van der Waals surface area contributed by atoms with Gasteiger partial charge in [-0.3, -0.25) is 9.79 Å². The Balaban J connectivity index is 1.61. The van der Waals surface area contributed by atoms with Crippen LogP contribution in [0.4, 0.5) is 13.2 Å². The van der Waals surface area contributed by atoms with Gasteiger partial charge in [-0.05, 0) is 37.7 Å². The van der Waals surface area contributed by atoms with Crippen molar-refractivity contribution in [1.82, 2.24) is 10.3 Å². The van der Waals surface area contributed by atoms with Crippen molar-refractivity contribution in [3.63, 3.8) is 0 Å². The lowest BCUT2D eigenvalue weighted by molar-refractivity contribution is -0.117. The van der Waals surface area contributed by atoms with Gasteiger partial charge in [-0.15, -0.1) is 0 Å². The van der Waals surface area contributed by atoms with E-state index in [4.69, 9.17) is 0 Å². The summed E-state index contributed by atoms with van der Waals surface area (Å²) in [6.07, 6.45) is 1.79. The number of amides is 1. The first kappa shape index (κ1) is 21.7. The maximum absolute atomic E-state index is 14.5. The first-order valence-electron chi connectivity index (χ1n) is 10.2. The van der Waals surface area contributed by atoms with Crippen molar-refractivity contribution < 1.29 is 18.0 Å². The van der Waals surface area contributed by atoms with Gasteiger partial charge in [0.1, 0.15) is 5.82 Å². The summed E-state index contributed by atoms with van der Waals surface area (Å²) in [5.74, 6) is 0.939. The van der Waals surface area contributed by atoms with Gasteiger partial charge in [0.05, 0.1) is 35.5 Å². The number of hydrazone groups is 1. The number of allylic oxidation sites excluding steroid dienone is 2. The van der Waals surface area contributed by atoms with Crippen molar-refractivity contribution in [3.05, 3.63) is 58.4 Å². The van der Waals surface area contributed by atoms with Gasteiger partial charge in [0.15, 0.2) is 5.84 Å². The molecular weight excluding hydrogens is 425 g/mol. The number of nitrogens with zero attached hydrogens (tertiary/aromatic N) is 3. The summed E-state index contributed by atoms with van der Waals surface area (Å²) in [6.45, 7) is 4.09. The fourth-order valence-corrected chi connectivity index (χ4v) is 4.67. The van der Waals surface area contributed by atoms with Crippen LogP contribution in [0.25, 0.3) is 0 Å². The number of aliphatic imine (C=N–C) groups is 1. The molecule has 0 saturated carbocycles. The minimum Gasteiger partial charge on any atom is -0.345 e. The van der Waals surface area contributed by atoms with Gasteiger partial charge < -0.3 is 5.32 Å². The molecule has 0 fully saturated rings. The Kier molecular flexibility index (Phi) is 6.22. The van der Waals surface area contributed by atoms with Gasteiger partial charge in [0, 0.05) is 11.3 Å². The number of alkyl halides is 2. The molecule has 3 aliphatic rings. The number of benzene rings is 1. The number of halogens is 3. The van der Waals surface area contributed by atoms with Crippen molar-refractivity contribution in [2.24, 2.45) is 10.1 Å². The number of amidine groups is 1. The number of thioether (sulfide) groups is 1. The topological polar surface area (TPSA) is 57.1 Å². The van der Waals surface area contributed by atoms with Crippen LogP contribution in [0.3, 0.4) is 0 Å². The van der Waals surface area contributed by atoms with Crippen molar-refractivity contribution in [2.45, 2.75) is 38.8 Å². The van der Waals surface area contributed by atoms with Crippen LogP contribution >= 0.6 is 11.8 Å². The molecule has 164 valence electrons. The highest BCUT2D eigenvalue weighted by molar-refractivity contribution is 7.99. The first-order chi connectivity index (χ1) is 14.8. The third kappa shape index (κ3) is 4.42. The molecule has 0 spiro atoms. The molecule has 0 aliphatic carbocycles. The van der Waals surface area contributed by atoms with E-state index in [-0.39, 0.29) is 11.6 Å². The minimum atomic E-state index is -2.92. The van der Waals surface area contributed by atoms with Crippen molar-refractivity contribution in [2.75, 3.05) is 18.1 Å². The second kappa shape index (κ2) is 8.90. The zero-order valence-electron chi connectivity index (χ0n) is 17.2. The predicted octanol–water partition coefficient (Wildman–Crippen LogP) is 4.40. The Morgan fingerprint density at radius 2 is 2.10 bits per heavy atom. The van der Waals surface area contributed by atoms with Crippen LogP contribution in [0, 0.1) is 5.82 Å². The van der Waals surface area contributed by atoms with Gasteiger partial charge in [0.25, 0.3) is 12.3 Å². The average Bonchev–Trinajstić information content (AvgIpc) is 3.13. The Morgan fingerprint density at radius 3 is 2.81 bits per heavy atom. The lowest BCUT2D eigenvalue weighted by atomic mass is 10.0. The SMILES string of the molecule is C[C@@H]1CN2N=C(C3=CCSCC3)C=C(C(=O)N[C@H](C)c3cccc(C(F)F)c3F)C2=N1. The molecule has 3 heterocycles. The van der Waals surface area contributed by atoms with E-state index in [9.17, 15) is 18.0 Å². The third-order valence-electron chi connectivity index (χ3n) is 5.42. The van der Waals surface area contributed by atoms with E-state index >= 15 is 0 Å². The molecule has 0 bridgehead atoms. The standard InChI is InChI=1S/C22H23F3N4OS/c1-12-11-29-21(26-12)17(10-18(28-29)14-6-8-31-9-7-14)22(30)27-13(2)15-4-3-5-16(19(15)23)20(24)25/h3-6,10,12-13,20H,7-9,11H2,1-2H3,(H,27,30)/t12-,13-/m1/s1. The number of hydrogen-bond donors (Lipinski definition) is 1. The van der Waals surface area contributed by atoms with E-state index in [1.165, 1.54) is 12.1 Å². The van der Waals surface area contributed by atoms with Crippen LogP contribution in [0.5, 0.6) is 0 Å². The molecule has 9 heteroatoms. The highest BCUT2D eigenvalue weighted by Crippen LogP contribution is 2.29. The molecule has 0 saturated heterocycles. The highest BCUT2D eigenvalue weighted by atomic mass is 32.2. The van der Waals surface area contributed by atoms with Gasteiger partial charge in [-0.25, -0.2) is 18.2 Å². The number of carbonyl (C=O) groups is 1. The Labute approximate surface area is 183 Å². The van der Waals surface area contributed by atoms with E-state index in [1.54, 1.807) is 18.0 Å². The zero-order valence-corrected chi connectivity index (χ0v) is 18.1. The highest BCUT2D eigenvalue weighted by Gasteiger charge is 2.33. The minimum absolute atomic E-state index is 0.0113. The monoisotopic (exact) mass is 448 g/mol. The zero-order chi connectivity index (χ0) is 22.1. The summed E-state index contributed by atoms with van der Waals surface area (Å²) in [7, 11) is 0. The Morgan fingerprint density at radius 1 is 1.32 bits per heavy atom. The molecule has 5 nitrogen and oxygen atoms in total. The number of carbonyl (C=O) groups excluding carboxylic acids is 1. The lowest BCUT2D eigenvalue weighted by Crippen LogP contribution is -2.38. The summed E-state index contributed by atoms with van der Waals surface area (Å²) in [6, 6.07) is 3.01. The third-order valence-corrected chi connectivity index (χ3v) is 6.31. The average molecular weight is 449 g/mol. The second-order valence-electron chi connectivity index (χ2n) is 7.73. The Hall–Kier alpha value is -2.55. The maximum Gasteiger partial charge on any atom is 0.266 e. The van der Waals surface area contributed by atoms with Crippen LogP contribution in [0.1, 0.15) is 43.9 Å². The van der Waals surface area contributed by atoms with Crippen LogP contribution in [0.2, 0.25) is 0 Å². The first-order valence-corrected chi connectivity index (χ1v) is 11.3. The van der Waals surface area contributed by atoms with E-state index in [2.05, 4.69) is 21.5 Å². The molecule has 3 aliphatic heterocycles. The van der Waals surface area contributed by atoms with Gasteiger partial charge in [-0.2, -0.15) is 16.9 Å². The normalized spacial score (nSPS) is 21.7. The summed E-state index contributed by atoms with van der Waals surface area (Å²) in [4.78, 5) is 17.7. The second-order valence-corrected chi connectivity index (χ2v) is 8.88. The molecule has 1 N–H and O–H groups in total. The molecule has 4 rings (SSSR count). The van der Waals surface area contributed by atoms with E-state index in [0.717, 1.165) is 35.3 Å². The molecule has 1 aromatic carbocycles. The fourth-order valence-electron chi connectivity index (χ4n) is 3.82. The molecule has 0 radical (unpaired) electrons.